The van der Waals surface area contributed by atoms with Crippen molar-refractivity contribution in [3.8, 4) is 0 Å². The summed E-state index contributed by atoms with van der Waals surface area (Å²) in [4.78, 5) is 0. The van der Waals surface area contributed by atoms with E-state index in [0.29, 0.717) is 36.7 Å². The van der Waals surface area contributed by atoms with Crippen molar-refractivity contribution in [1.29, 1.82) is 0 Å². The van der Waals surface area contributed by atoms with Crippen molar-refractivity contribution in [3.05, 3.63) is 34.9 Å². The molecule has 0 unspecified atom stereocenters. The van der Waals surface area contributed by atoms with Crippen LogP contribution >= 0.6 is 0 Å². The molecule has 19 heavy (non-hydrogen) atoms. The molecule has 0 aliphatic heterocycles. The maximum atomic E-state index is 13.4. The molecule has 0 bridgehead atoms. The van der Waals surface area contributed by atoms with Crippen LogP contribution in [0.5, 0.6) is 0 Å². The van der Waals surface area contributed by atoms with Crippen LogP contribution in [0.25, 0.3) is 0 Å². The molecule has 0 heterocycles. The van der Waals surface area contributed by atoms with Crippen molar-refractivity contribution in [2.24, 2.45) is 5.92 Å². The molecule has 1 rings (SSSR count). The minimum absolute atomic E-state index is 0.450. The van der Waals surface area contributed by atoms with E-state index < -0.39 is 11.6 Å². The highest BCUT2D eigenvalue weighted by atomic mass is 19.1. The first-order chi connectivity index (χ1) is 9.00. The molecule has 0 atom stereocenters. The maximum Gasteiger partial charge on any atom is 0.129 e. The van der Waals surface area contributed by atoms with Crippen molar-refractivity contribution in [1.82, 2.24) is 5.32 Å². The third-order valence-corrected chi connectivity index (χ3v) is 2.82. The van der Waals surface area contributed by atoms with Gasteiger partial charge in [-0.2, -0.15) is 0 Å². The summed E-state index contributed by atoms with van der Waals surface area (Å²) in [5, 5.41) is 3.26. The first-order valence-electron chi connectivity index (χ1n) is 6.73. The Kier molecular flexibility index (Phi) is 6.95. The third-order valence-electron chi connectivity index (χ3n) is 2.82. The summed E-state index contributed by atoms with van der Waals surface area (Å²) in [6.07, 6.45) is 0.469. The molecule has 0 aromatic heterocycles. The number of nitrogens with one attached hydrogen (secondary N) is 1. The average molecular weight is 271 g/mol. The van der Waals surface area contributed by atoms with Gasteiger partial charge in [-0.1, -0.05) is 19.9 Å². The molecule has 1 aromatic carbocycles. The molecular formula is C15H23F2NO. The topological polar surface area (TPSA) is 21.3 Å². The third kappa shape index (κ3) is 6.12. The number of hydrogen-bond donors (Lipinski definition) is 1. The Morgan fingerprint density at radius 3 is 2.58 bits per heavy atom. The molecular weight excluding hydrogens is 248 g/mol. The Labute approximate surface area is 114 Å². The first-order valence-corrected chi connectivity index (χ1v) is 6.73. The van der Waals surface area contributed by atoms with Crippen LogP contribution in [-0.2, 0) is 11.2 Å². The normalized spacial score (nSPS) is 11.3. The van der Waals surface area contributed by atoms with Gasteiger partial charge in [0.05, 0.1) is 13.2 Å². The van der Waals surface area contributed by atoms with Crippen LogP contribution in [0.4, 0.5) is 8.78 Å². The molecule has 2 nitrogen and oxygen atoms in total. The number of halogens is 2. The van der Waals surface area contributed by atoms with Crippen LogP contribution in [-0.4, -0.2) is 26.3 Å². The first kappa shape index (κ1) is 16.1. The van der Waals surface area contributed by atoms with E-state index >= 15 is 0 Å². The van der Waals surface area contributed by atoms with Crippen LogP contribution in [0.2, 0.25) is 0 Å². The molecule has 0 amide bonds. The molecule has 108 valence electrons. The molecule has 0 saturated carbocycles. The molecule has 0 spiro atoms. The van der Waals surface area contributed by atoms with Crippen molar-refractivity contribution in [2.75, 3.05) is 26.3 Å². The highest BCUT2D eigenvalue weighted by Gasteiger charge is 2.06. The van der Waals surface area contributed by atoms with Crippen LogP contribution in [0.15, 0.2) is 12.1 Å². The van der Waals surface area contributed by atoms with E-state index in [1.807, 2.05) is 0 Å². The summed E-state index contributed by atoms with van der Waals surface area (Å²) in [5.41, 5.74) is 0.976. The van der Waals surface area contributed by atoms with Crippen LogP contribution in [0.3, 0.4) is 0 Å². The second-order valence-corrected chi connectivity index (χ2v) is 5.15. The summed E-state index contributed by atoms with van der Waals surface area (Å²) in [6.45, 7) is 8.74. The Morgan fingerprint density at radius 2 is 1.89 bits per heavy atom. The van der Waals surface area contributed by atoms with E-state index in [1.165, 1.54) is 0 Å². The van der Waals surface area contributed by atoms with Gasteiger partial charge in [-0.25, -0.2) is 8.78 Å². The minimum Gasteiger partial charge on any atom is -0.380 e. The zero-order valence-corrected chi connectivity index (χ0v) is 11.9. The molecule has 0 aliphatic rings. The lowest BCUT2D eigenvalue weighted by Crippen LogP contribution is -2.24. The lowest BCUT2D eigenvalue weighted by atomic mass is 10.1. The van der Waals surface area contributed by atoms with Crippen LogP contribution in [0.1, 0.15) is 25.0 Å². The van der Waals surface area contributed by atoms with Gasteiger partial charge in [-0.05, 0) is 36.9 Å². The van der Waals surface area contributed by atoms with E-state index in [1.54, 1.807) is 13.0 Å². The van der Waals surface area contributed by atoms with Gasteiger partial charge >= 0.3 is 0 Å². The Balaban J connectivity index is 2.21. The quantitative estimate of drug-likeness (QED) is 0.734. The highest BCUT2D eigenvalue weighted by Crippen LogP contribution is 2.14. The molecule has 0 radical (unpaired) electrons. The van der Waals surface area contributed by atoms with Gasteiger partial charge < -0.3 is 10.1 Å². The van der Waals surface area contributed by atoms with Crippen LogP contribution < -0.4 is 5.32 Å². The summed E-state index contributed by atoms with van der Waals surface area (Å²) in [7, 11) is 0. The highest BCUT2D eigenvalue weighted by molar-refractivity contribution is 5.25. The van der Waals surface area contributed by atoms with Crippen molar-refractivity contribution in [3.63, 3.8) is 0 Å². The zero-order chi connectivity index (χ0) is 14.3. The largest absolute Gasteiger partial charge is 0.380 e. The predicted octanol–water partition coefficient (Wildman–Crippen LogP) is 3.08. The van der Waals surface area contributed by atoms with Crippen molar-refractivity contribution in [2.45, 2.75) is 27.2 Å². The van der Waals surface area contributed by atoms with Gasteiger partial charge in [0.1, 0.15) is 11.6 Å². The molecule has 0 saturated heterocycles. The number of aryl methyl sites for hydroxylation is 1. The monoisotopic (exact) mass is 271 g/mol. The summed E-state index contributed by atoms with van der Waals surface area (Å²) in [6, 6.07) is 2.49. The summed E-state index contributed by atoms with van der Waals surface area (Å²) >= 11 is 0. The molecule has 0 fully saturated rings. The van der Waals surface area contributed by atoms with E-state index in [9.17, 15) is 8.78 Å². The fourth-order valence-corrected chi connectivity index (χ4v) is 1.73. The van der Waals surface area contributed by atoms with Crippen LogP contribution in [0, 0.1) is 24.5 Å². The second-order valence-electron chi connectivity index (χ2n) is 5.15. The molecule has 0 aliphatic carbocycles. The van der Waals surface area contributed by atoms with Gasteiger partial charge in [0.15, 0.2) is 0 Å². The fraction of sp³-hybridized carbons (Fsp3) is 0.600. The van der Waals surface area contributed by atoms with E-state index in [0.717, 1.165) is 19.2 Å². The smallest absolute Gasteiger partial charge is 0.129 e. The Hall–Kier alpha value is -1.00. The summed E-state index contributed by atoms with van der Waals surface area (Å²) in [5.74, 6) is -0.374. The number of hydrogen-bond acceptors (Lipinski definition) is 2. The number of rotatable bonds is 8. The van der Waals surface area contributed by atoms with Gasteiger partial charge in [0, 0.05) is 12.6 Å². The van der Waals surface area contributed by atoms with E-state index in [4.69, 9.17) is 4.74 Å². The van der Waals surface area contributed by atoms with Gasteiger partial charge in [-0.3, -0.25) is 0 Å². The van der Waals surface area contributed by atoms with Crippen molar-refractivity contribution >= 4 is 0 Å². The van der Waals surface area contributed by atoms with Gasteiger partial charge in [0.25, 0.3) is 0 Å². The Bertz CT molecular complexity index is 394. The summed E-state index contributed by atoms with van der Waals surface area (Å²) < 4.78 is 31.9. The molecule has 1 N–H and O–H groups in total. The minimum atomic E-state index is -0.500. The molecule has 1 aromatic rings. The average Bonchev–Trinajstić information content (AvgIpc) is 2.33. The standard InChI is InChI=1S/C15H23F2NO/c1-11(2)10-18-5-7-19-6-4-13-8-12(3)14(16)9-15(13)17/h8-9,11,18H,4-7,10H2,1-3H3. The molecule has 4 heteroatoms. The van der Waals surface area contributed by atoms with Gasteiger partial charge in [0.2, 0.25) is 0 Å². The Morgan fingerprint density at radius 1 is 1.16 bits per heavy atom. The predicted molar refractivity (Wildman–Crippen MR) is 73.3 cm³/mol. The fourth-order valence-electron chi connectivity index (χ4n) is 1.73. The van der Waals surface area contributed by atoms with E-state index in [2.05, 4.69) is 19.2 Å². The number of benzene rings is 1. The lowest BCUT2D eigenvalue weighted by molar-refractivity contribution is 0.138. The SMILES string of the molecule is Cc1cc(CCOCCNCC(C)C)c(F)cc1F. The van der Waals surface area contributed by atoms with Gasteiger partial charge in [-0.15, -0.1) is 0 Å². The van der Waals surface area contributed by atoms with Crippen molar-refractivity contribution < 1.29 is 13.5 Å². The zero-order valence-electron chi connectivity index (χ0n) is 11.9. The number of ether oxygens (including phenoxy) is 1. The lowest BCUT2D eigenvalue weighted by Gasteiger charge is -2.09. The van der Waals surface area contributed by atoms with E-state index in [-0.39, 0.29) is 0 Å². The second kappa shape index (κ2) is 8.23. The maximum absolute atomic E-state index is 13.4.